The van der Waals surface area contributed by atoms with E-state index in [0.717, 1.165) is 24.9 Å². The molecule has 0 bridgehead atoms. The molecule has 1 aromatic rings. The molecular weight excluding hydrogens is 242 g/mol. The SMILES string of the molecule is Cc1ncsc1CN(C)CC1CCC(CN)CC1. The number of aromatic nitrogens is 1. The van der Waals surface area contributed by atoms with Crippen LogP contribution in [-0.4, -0.2) is 30.0 Å². The Labute approximate surface area is 114 Å². The van der Waals surface area contributed by atoms with Gasteiger partial charge in [0.05, 0.1) is 11.2 Å². The van der Waals surface area contributed by atoms with Crippen molar-refractivity contribution >= 4 is 11.3 Å². The molecule has 4 heteroatoms. The first-order valence-corrected chi connectivity index (χ1v) is 7.84. The number of hydrogen-bond donors (Lipinski definition) is 1. The Balaban J connectivity index is 1.75. The van der Waals surface area contributed by atoms with Gasteiger partial charge in [0, 0.05) is 18.0 Å². The Kier molecular flexibility index (Phi) is 5.15. The van der Waals surface area contributed by atoms with Crippen molar-refractivity contribution in [1.82, 2.24) is 9.88 Å². The van der Waals surface area contributed by atoms with Gasteiger partial charge in [-0.05, 0) is 58.0 Å². The van der Waals surface area contributed by atoms with Gasteiger partial charge >= 0.3 is 0 Å². The molecule has 0 amide bonds. The maximum atomic E-state index is 5.74. The molecule has 1 saturated carbocycles. The van der Waals surface area contributed by atoms with Gasteiger partial charge in [-0.15, -0.1) is 11.3 Å². The standard InChI is InChI=1S/C14H25N3S/c1-11-14(18-10-16-11)9-17(2)8-13-5-3-12(7-15)4-6-13/h10,12-13H,3-9,15H2,1-2H3. The summed E-state index contributed by atoms with van der Waals surface area (Å²) in [5.41, 5.74) is 8.88. The lowest BCUT2D eigenvalue weighted by molar-refractivity contribution is 0.202. The van der Waals surface area contributed by atoms with Crippen molar-refractivity contribution in [2.75, 3.05) is 20.1 Å². The lowest BCUT2D eigenvalue weighted by Gasteiger charge is -2.30. The zero-order valence-corrected chi connectivity index (χ0v) is 12.4. The molecule has 102 valence electrons. The fourth-order valence-electron chi connectivity index (χ4n) is 2.88. The van der Waals surface area contributed by atoms with Crippen molar-refractivity contribution in [1.29, 1.82) is 0 Å². The summed E-state index contributed by atoms with van der Waals surface area (Å²) in [6, 6.07) is 0. The highest BCUT2D eigenvalue weighted by molar-refractivity contribution is 7.09. The van der Waals surface area contributed by atoms with E-state index >= 15 is 0 Å². The van der Waals surface area contributed by atoms with Gasteiger partial charge < -0.3 is 10.6 Å². The molecule has 0 radical (unpaired) electrons. The molecule has 0 atom stereocenters. The highest BCUT2D eigenvalue weighted by atomic mass is 32.1. The first kappa shape index (κ1) is 14.0. The van der Waals surface area contributed by atoms with E-state index in [4.69, 9.17) is 5.73 Å². The second kappa shape index (κ2) is 6.64. The fraction of sp³-hybridized carbons (Fsp3) is 0.786. The number of hydrogen-bond acceptors (Lipinski definition) is 4. The van der Waals surface area contributed by atoms with Crippen LogP contribution in [0.15, 0.2) is 5.51 Å². The molecule has 0 saturated heterocycles. The summed E-state index contributed by atoms with van der Waals surface area (Å²) in [6.07, 6.45) is 5.37. The minimum Gasteiger partial charge on any atom is -0.330 e. The average Bonchev–Trinajstić information content (AvgIpc) is 2.76. The third-order valence-electron chi connectivity index (χ3n) is 4.13. The van der Waals surface area contributed by atoms with Crippen LogP contribution in [0.3, 0.4) is 0 Å². The van der Waals surface area contributed by atoms with E-state index in [0.29, 0.717) is 0 Å². The summed E-state index contributed by atoms with van der Waals surface area (Å²) in [5, 5.41) is 0. The molecule has 1 fully saturated rings. The maximum absolute atomic E-state index is 5.74. The zero-order chi connectivity index (χ0) is 13.0. The molecular formula is C14H25N3S. The Morgan fingerprint density at radius 3 is 2.56 bits per heavy atom. The van der Waals surface area contributed by atoms with E-state index in [1.165, 1.54) is 42.8 Å². The first-order chi connectivity index (χ1) is 8.69. The van der Waals surface area contributed by atoms with Crippen molar-refractivity contribution < 1.29 is 0 Å². The van der Waals surface area contributed by atoms with Crippen LogP contribution in [0.1, 0.15) is 36.3 Å². The van der Waals surface area contributed by atoms with Crippen molar-refractivity contribution in [3.8, 4) is 0 Å². The number of rotatable bonds is 5. The fourth-order valence-corrected chi connectivity index (χ4v) is 3.73. The molecule has 2 N–H and O–H groups in total. The average molecular weight is 267 g/mol. The molecule has 0 unspecified atom stereocenters. The van der Waals surface area contributed by atoms with Gasteiger partial charge in [-0.25, -0.2) is 4.98 Å². The van der Waals surface area contributed by atoms with Gasteiger partial charge in [0.15, 0.2) is 0 Å². The number of aryl methyl sites for hydroxylation is 1. The van der Waals surface area contributed by atoms with E-state index in [1.54, 1.807) is 11.3 Å². The Hall–Kier alpha value is -0.450. The third-order valence-corrected chi connectivity index (χ3v) is 5.05. The number of thiazole rings is 1. The summed E-state index contributed by atoms with van der Waals surface area (Å²) < 4.78 is 0. The molecule has 1 aromatic heterocycles. The van der Waals surface area contributed by atoms with E-state index in [2.05, 4.69) is 23.9 Å². The predicted octanol–water partition coefficient (Wildman–Crippen LogP) is 2.65. The number of nitrogens with two attached hydrogens (primary N) is 1. The van der Waals surface area contributed by atoms with Gasteiger partial charge in [0.2, 0.25) is 0 Å². The predicted molar refractivity (Wildman–Crippen MR) is 77.7 cm³/mol. The van der Waals surface area contributed by atoms with Gasteiger partial charge in [-0.1, -0.05) is 0 Å². The third kappa shape index (κ3) is 3.77. The van der Waals surface area contributed by atoms with Crippen LogP contribution < -0.4 is 5.73 Å². The second-order valence-corrected chi connectivity index (χ2v) is 6.62. The molecule has 3 nitrogen and oxygen atoms in total. The maximum Gasteiger partial charge on any atom is 0.0798 e. The topological polar surface area (TPSA) is 42.2 Å². The Morgan fingerprint density at radius 2 is 2.00 bits per heavy atom. The Morgan fingerprint density at radius 1 is 1.33 bits per heavy atom. The van der Waals surface area contributed by atoms with Crippen LogP contribution in [0, 0.1) is 18.8 Å². The molecule has 18 heavy (non-hydrogen) atoms. The summed E-state index contributed by atoms with van der Waals surface area (Å²) >= 11 is 1.77. The van der Waals surface area contributed by atoms with Crippen LogP contribution >= 0.6 is 11.3 Å². The van der Waals surface area contributed by atoms with Crippen molar-refractivity contribution in [2.45, 2.75) is 39.2 Å². The molecule has 1 aliphatic rings. The van der Waals surface area contributed by atoms with Crippen LogP contribution in [0.4, 0.5) is 0 Å². The van der Waals surface area contributed by atoms with Crippen molar-refractivity contribution in [3.63, 3.8) is 0 Å². The quantitative estimate of drug-likeness (QED) is 0.892. The van der Waals surface area contributed by atoms with E-state index < -0.39 is 0 Å². The molecule has 0 aliphatic heterocycles. The van der Waals surface area contributed by atoms with Gasteiger partial charge in [0.25, 0.3) is 0 Å². The van der Waals surface area contributed by atoms with Crippen LogP contribution in [0.25, 0.3) is 0 Å². The van der Waals surface area contributed by atoms with E-state index in [1.807, 2.05) is 5.51 Å². The molecule has 0 aromatic carbocycles. The monoisotopic (exact) mass is 267 g/mol. The summed E-state index contributed by atoms with van der Waals surface area (Å²) in [7, 11) is 2.23. The first-order valence-electron chi connectivity index (χ1n) is 6.96. The summed E-state index contributed by atoms with van der Waals surface area (Å²) in [4.78, 5) is 8.18. The molecule has 1 aliphatic carbocycles. The van der Waals surface area contributed by atoms with E-state index in [9.17, 15) is 0 Å². The molecule has 1 heterocycles. The normalized spacial score (nSPS) is 24.7. The lowest BCUT2D eigenvalue weighted by atomic mass is 9.82. The van der Waals surface area contributed by atoms with Gasteiger partial charge in [-0.2, -0.15) is 0 Å². The smallest absolute Gasteiger partial charge is 0.0798 e. The summed E-state index contributed by atoms with van der Waals surface area (Å²) in [5.74, 6) is 1.65. The van der Waals surface area contributed by atoms with Crippen molar-refractivity contribution in [3.05, 3.63) is 16.1 Å². The number of nitrogens with zero attached hydrogens (tertiary/aromatic N) is 2. The second-order valence-electron chi connectivity index (χ2n) is 5.68. The zero-order valence-electron chi connectivity index (χ0n) is 11.6. The molecule has 0 spiro atoms. The Bertz CT molecular complexity index is 356. The summed E-state index contributed by atoms with van der Waals surface area (Å²) in [6.45, 7) is 5.25. The van der Waals surface area contributed by atoms with Gasteiger partial charge in [-0.3, -0.25) is 0 Å². The highest BCUT2D eigenvalue weighted by Gasteiger charge is 2.21. The van der Waals surface area contributed by atoms with Crippen molar-refractivity contribution in [2.24, 2.45) is 17.6 Å². The van der Waals surface area contributed by atoms with Gasteiger partial charge in [0.1, 0.15) is 0 Å². The van der Waals surface area contributed by atoms with E-state index in [-0.39, 0.29) is 0 Å². The minimum atomic E-state index is 0.787. The molecule has 2 rings (SSSR count). The minimum absolute atomic E-state index is 0.787. The lowest BCUT2D eigenvalue weighted by Crippen LogP contribution is -2.29. The largest absolute Gasteiger partial charge is 0.330 e. The van der Waals surface area contributed by atoms with Crippen LogP contribution in [0.2, 0.25) is 0 Å². The highest BCUT2D eigenvalue weighted by Crippen LogP contribution is 2.29. The van der Waals surface area contributed by atoms with Crippen LogP contribution in [-0.2, 0) is 6.54 Å². The van der Waals surface area contributed by atoms with Crippen LogP contribution in [0.5, 0.6) is 0 Å².